The molecule has 1 aromatic carbocycles. The van der Waals surface area contributed by atoms with Gasteiger partial charge in [0.2, 0.25) is 0 Å². The molecule has 2 unspecified atom stereocenters. The lowest BCUT2D eigenvalue weighted by atomic mass is 9.76. The molecule has 2 heterocycles. The Bertz CT molecular complexity index is 446. The maximum absolute atomic E-state index is 9.84. The van der Waals surface area contributed by atoms with Gasteiger partial charge in [0, 0.05) is 12.6 Å². The molecule has 0 saturated carbocycles. The summed E-state index contributed by atoms with van der Waals surface area (Å²) < 4.78 is 0. The van der Waals surface area contributed by atoms with E-state index in [1.54, 1.807) is 0 Å². The van der Waals surface area contributed by atoms with Gasteiger partial charge in [-0.3, -0.25) is 4.90 Å². The fraction of sp³-hybridized carbons (Fsp3) is 0.611. The van der Waals surface area contributed by atoms with Crippen molar-refractivity contribution in [3.8, 4) is 6.07 Å². The van der Waals surface area contributed by atoms with E-state index in [4.69, 9.17) is 0 Å². The Labute approximate surface area is 123 Å². The van der Waals surface area contributed by atoms with Crippen LogP contribution in [0.5, 0.6) is 0 Å². The number of fused-ring (bicyclic) bond motifs is 1. The highest BCUT2D eigenvalue weighted by molar-refractivity contribution is 5.32. The van der Waals surface area contributed by atoms with E-state index in [0.717, 1.165) is 13.0 Å². The van der Waals surface area contributed by atoms with Gasteiger partial charge in [0.15, 0.2) is 0 Å². The Kier molecular flexibility index (Phi) is 5.20. The van der Waals surface area contributed by atoms with Crippen molar-refractivity contribution in [2.24, 2.45) is 0 Å². The second-order valence-electron chi connectivity index (χ2n) is 5.57. The third-order valence-corrected chi connectivity index (χ3v) is 4.63. The molecule has 1 aromatic rings. The van der Waals surface area contributed by atoms with Gasteiger partial charge >= 0.3 is 0 Å². The molecule has 2 fully saturated rings. The molecule has 2 atom stereocenters. The first kappa shape index (κ1) is 15.1. The quantitative estimate of drug-likeness (QED) is 0.753. The predicted molar refractivity (Wildman–Crippen MR) is 83.3 cm³/mol. The first-order chi connectivity index (χ1) is 9.87. The zero-order valence-electron chi connectivity index (χ0n) is 12.8. The molecule has 0 amide bonds. The average Bonchev–Trinajstić information content (AvgIpc) is 2.57. The maximum atomic E-state index is 9.84. The van der Waals surface area contributed by atoms with Crippen LogP contribution >= 0.6 is 0 Å². The van der Waals surface area contributed by atoms with Crippen molar-refractivity contribution < 1.29 is 0 Å². The van der Waals surface area contributed by atoms with E-state index in [0.29, 0.717) is 6.04 Å². The summed E-state index contributed by atoms with van der Waals surface area (Å²) in [6.45, 7) is 5.09. The molecule has 3 rings (SSSR count). The van der Waals surface area contributed by atoms with Gasteiger partial charge in [-0.25, -0.2) is 0 Å². The van der Waals surface area contributed by atoms with E-state index in [1.807, 2.05) is 19.9 Å². The number of hydrogen-bond acceptors (Lipinski definition) is 2. The molecular weight excluding hydrogens is 244 g/mol. The number of benzene rings is 1. The minimum atomic E-state index is -0.357. The largest absolute Gasteiger partial charge is 0.279 e. The normalized spacial score (nSPS) is 29.6. The second kappa shape index (κ2) is 6.90. The summed E-state index contributed by atoms with van der Waals surface area (Å²) in [6, 6.07) is 13.7. The van der Waals surface area contributed by atoms with E-state index in [2.05, 4.69) is 35.2 Å². The van der Waals surface area contributed by atoms with E-state index in [-0.39, 0.29) is 5.54 Å². The number of hydrogen-bond donors (Lipinski definition) is 0. The van der Waals surface area contributed by atoms with Crippen LogP contribution < -0.4 is 0 Å². The summed E-state index contributed by atoms with van der Waals surface area (Å²) in [5, 5.41) is 9.84. The minimum Gasteiger partial charge on any atom is -0.279 e. The van der Waals surface area contributed by atoms with Gasteiger partial charge in [-0.15, -0.1) is 0 Å². The average molecular weight is 270 g/mol. The Morgan fingerprint density at radius 1 is 1.10 bits per heavy atom. The first-order valence-corrected chi connectivity index (χ1v) is 8.10. The lowest BCUT2D eigenvalue weighted by Crippen LogP contribution is -2.55. The fourth-order valence-electron chi connectivity index (χ4n) is 3.75. The minimum absolute atomic E-state index is 0.357. The van der Waals surface area contributed by atoms with Crippen LogP contribution in [0, 0.1) is 11.3 Å². The van der Waals surface area contributed by atoms with E-state index >= 15 is 0 Å². The van der Waals surface area contributed by atoms with Gasteiger partial charge in [0.25, 0.3) is 0 Å². The second-order valence-corrected chi connectivity index (χ2v) is 5.57. The van der Waals surface area contributed by atoms with Crippen molar-refractivity contribution in [3.63, 3.8) is 0 Å². The van der Waals surface area contributed by atoms with E-state index < -0.39 is 0 Å². The van der Waals surface area contributed by atoms with Crippen molar-refractivity contribution in [1.29, 1.82) is 5.26 Å². The molecule has 20 heavy (non-hydrogen) atoms. The first-order valence-electron chi connectivity index (χ1n) is 8.10. The molecule has 2 saturated heterocycles. The van der Waals surface area contributed by atoms with Crippen molar-refractivity contribution in [2.75, 3.05) is 6.54 Å². The summed E-state index contributed by atoms with van der Waals surface area (Å²) in [7, 11) is 0. The van der Waals surface area contributed by atoms with Gasteiger partial charge in [0.1, 0.15) is 5.54 Å². The van der Waals surface area contributed by atoms with Crippen LogP contribution in [0.25, 0.3) is 0 Å². The number of rotatable bonds is 1. The van der Waals surface area contributed by atoms with Crippen LogP contribution in [0.3, 0.4) is 0 Å². The molecule has 0 radical (unpaired) electrons. The van der Waals surface area contributed by atoms with Gasteiger partial charge in [-0.05, 0) is 37.7 Å². The Morgan fingerprint density at radius 3 is 2.50 bits per heavy atom. The smallest absolute Gasteiger partial charge is 0.134 e. The molecule has 0 spiro atoms. The molecule has 2 aliphatic rings. The molecule has 0 aromatic heterocycles. The third kappa shape index (κ3) is 2.60. The molecule has 0 bridgehead atoms. The number of piperidine rings is 2. The van der Waals surface area contributed by atoms with Crippen LogP contribution in [-0.2, 0) is 5.54 Å². The molecule has 0 aliphatic carbocycles. The van der Waals surface area contributed by atoms with Gasteiger partial charge < -0.3 is 0 Å². The molecule has 2 heteroatoms. The monoisotopic (exact) mass is 270 g/mol. The summed E-state index contributed by atoms with van der Waals surface area (Å²) in [5.41, 5.74) is 0.837. The summed E-state index contributed by atoms with van der Waals surface area (Å²) in [6.07, 6.45) is 7.30. The Balaban J connectivity index is 0.000000704. The van der Waals surface area contributed by atoms with Gasteiger partial charge in [-0.2, -0.15) is 5.26 Å². The van der Waals surface area contributed by atoms with Crippen molar-refractivity contribution in [2.45, 2.75) is 64.0 Å². The van der Waals surface area contributed by atoms with Gasteiger partial charge in [-0.1, -0.05) is 50.6 Å². The Morgan fingerprint density at radius 2 is 1.80 bits per heavy atom. The predicted octanol–water partition coefficient (Wildman–Crippen LogP) is 4.47. The molecular formula is C18H26N2. The summed E-state index contributed by atoms with van der Waals surface area (Å²) in [5.74, 6) is 0. The number of nitrogens with zero attached hydrogens (tertiary/aromatic N) is 2. The molecule has 108 valence electrons. The topological polar surface area (TPSA) is 27.0 Å². The standard InChI is InChI=1S/C16H20N2.C2H6/c17-13-16(14-7-2-1-3-8-14)11-6-10-15-9-4-5-12-18(15)16;1-2/h1-3,7-8,15H,4-6,9-12H2;1-2H3. The third-order valence-electron chi connectivity index (χ3n) is 4.63. The zero-order chi connectivity index (χ0) is 14.4. The lowest BCUT2D eigenvalue weighted by Gasteiger charge is -2.50. The van der Waals surface area contributed by atoms with E-state index in [9.17, 15) is 5.26 Å². The lowest BCUT2D eigenvalue weighted by molar-refractivity contribution is 0.00861. The molecule has 2 nitrogen and oxygen atoms in total. The van der Waals surface area contributed by atoms with Gasteiger partial charge in [0.05, 0.1) is 6.07 Å². The van der Waals surface area contributed by atoms with E-state index in [1.165, 1.54) is 37.7 Å². The highest BCUT2D eigenvalue weighted by Crippen LogP contribution is 2.42. The van der Waals surface area contributed by atoms with Crippen molar-refractivity contribution >= 4 is 0 Å². The maximum Gasteiger partial charge on any atom is 0.134 e. The van der Waals surface area contributed by atoms with Crippen LogP contribution in [0.1, 0.15) is 57.9 Å². The van der Waals surface area contributed by atoms with Crippen molar-refractivity contribution in [3.05, 3.63) is 35.9 Å². The fourth-order valence-corrected chi connectivity index (χ4v) is 3.75. The van der Waals surface area contributed by atoms with Crippen LogP contribution in [0.4, 0.5) is 0 Å². The molecule has 0 N–H and O–H groups in total. The van der Waals surface area contributed by atoms with Crippen LogP contribution in [-0.4, -0.2) is 17.5 Å². The summed E-state index contributed by atoms with van der Waals surface area (Å²) >= 11 is 0. The van der Waals surface area contributed by atoms with Crippen LogP contribution in [0.2, 0.25) is 0 Å². The Hall–Kier alpha value is -1.33. The molecule has 2 aliphatic heterocycles. The van der Waals surface area contributed by atoms with Crippen molar-refractivity contribution in [1.82, 2.24) is 4.90 Å². The SMILES string of the molecule is CC.N#CC1(c2ccccc2)CCCC2CCCCN21. The zero-order valence-corrected chi connectivity index (χ0v) is 12.8. The van der Waals surface area contributed by atoms with Crippen LogP contribution in [0.15, 0.2) is 30.3 Å². The highest BCUT2D eigenvalue weighted by atomic mass is 15.2. The summed E-state index contributed by atoms with van der Waals surface area (Å²) in [4.78, 5) is 2.50. The number of nitriles is 1. The highest BCUT2D eigenvalue weighted by Gasteiger charge is 2.45.